The van der Waals surface area contributed by atoms with Crippen molar-refractivity contribution in [2.75, 3.05) is 20.8 Å². The molecule has 0 atom stereocenters. The van der Waals surface area contributed by atoms with Gasteiger partial charge in [0.05, 0.1) is 31.0 Å². The number of thiophene rings is 1. The number of benzene rings is 1. The van der Waals surface area contributed by atoms with Crippen LogP contribution in [0.2, 0.25) is 0 Å². The van der Waals surface area contributed by atoms with Gasteiger partial charge in [0.1, 0.15) is 0 Å². The smallest absolute Gasteiger partial charge is 0.280 e. The lowest BCUT2D eigenvalue weighted by atomic mass is 10.2. The minimum absolute atomic E-state index is 0.227. The van der Waals surface area contributed by atoms with E-state index in [-0.39, 0.29) is 6.61 Å². The van der Waals surface area contributed by atoms with Crippen LogP contribution in [0.1, 0.15) is 17.4 Å². The third-order valence-corrected chi connectivity index (χ3v) is 4.08. The molecule has 7 nitrogen and oxygen atoms in total. The van der Waals surface area contributed by atoms with Gasteiger partial charge in [-0.1, -0.05) is 17.3 Å². The number of amides is 1. The lowest BCUT2D eigenvalue weighted by molar-refractivity contribution is -0.125. The monoisotopic (exact) mass is 361 g/mol. The Bertz CT molecular complexity index is 757. The average Bonchev–Trinajstić information content (AvgIpc) is 3.16. The fraction of sp³-hybridized carbons (Fsp3) is 0.235. The zero-order valence-electron chi connectivity index (χ0n) is 14.2. The van der Waals surface area contributed by atoms with E-state index in [9.17, 15) is 4.79 Å². The maximum absolute atomic E-state index is 11.7. The molecule has 8 heteroatoms. The third kappa shape index (κ3) is 5.32. The van der Waals surface area contributed by atoms with Gasteiger partial charge in [-0.25, -0.2) is 5.43 Å². The Balaban J connectivity index is 1.86. The van der Waals surface area contributed by atoms with Gasteiger partial charge in [-0.15, -0.1) is 11.3 Å². The van der Waals surface area contributed by atoms with Crippen molar-refractivity contribution in [2.24, 2.45) is 10.3 Å². The highest BCUT2D eigenvalue weighted by atomic mass is 32.1. The van der Waals surface area contributed by atoms with E-state index in [1.807, 2.05) is 24.4 Å². The Hall–Kier alpha value is -2.87. The topological polar surface area (TPSA) is 81.5 Å². The van der Waals surface area contributed by atoms with Crippen molar-refractivity contribution in [2.45, 2.75) is 6.92 Å². The molecule has 1 amide bonds. The molecular weight excluding hydrogens is 342 g/mol. The molecule has 0 aliphatic heterocycles. The van der Waals surface area contributed by atoms with Gasteiger partial charge in [-0.3, -0.25) is 4.79 Å². The first-order valence-electron chi connectivity index (χ1n) is 7.39. The number of ether oxygens (including phenoxy) is 2. The number of hydrogen-bond acceptors (Lipinski definition) is 7. The normalized spacial score (nSPS) is 11.4. The van der Waals surface area contributed by atoms with Crippen molar-refractivity contribution in [3.63, 3.8) is 0 Å². The van der Waals surface area contributed by atoms with Crippen LogP contribution in [0.25, 0.3) is 0 Å². The number of hydrazone groups is 1. The minimum atomic E-state index is -0.416. The summed E-state index contributed by atoms with van der Waals surface area (Å²) in [6, 6.07) is 9.22. The van der Waals surface area contributed by atoms with Gasteiger partial charge in [0.25, 0.3) is 5.91 Å². The van der Waals surface area contributed by atoms with Gasteiger partial charge in [-0.05, 0) is 30.5 Å². The molecule has 0 bridgehead atoms. The highest BCUT2D eigenvalue weighted by Gasteiger charge is 2.07. The molecular formula is C17H19N3O4S. The van der Waals surface area contributed by atoms with Gasteiger partial charge in [0.2, 0.25) is 0 Å². The molecule has 0 saturated heterocycles. The fourth-order valence-corrected chi connectivity index (χ4v) is 2.61. The number of carbonyl (C=O) groups is 1. The predicted molar refractivity (Wildman–Crippen MR) is 97.8 cm³/mol. The van der Waals surface area contributed by atoms with Gasteiger partial charge < -0.3 is 14.3 Å². The number of hydrogen-bond donors (Lipinski definition) is 1. The van der Waals surface area contributed by atoms with Crippen molar-refractivity contribution in [3.8, 4) is 11.5 Å². The van der Waals surface area contributed by atoms with Crippen LogP contribution in [0.5, 0.6) is 11.5 Å². The molecule has 25 heavy (non-hydrogen) atoms. The Morgan fingerprint density at radius 2 is 2.08 bits per heavy atom. The zero-order valence-corrected chi connectivity index (χ0v) is 15.0. The van der Waals surface area contributed by atoms with E-state index < -0.39 is 5.91 Å². The number of nitrogens with zero attached hydrogens (tertiary/aromatic N) is 2. The summed E-state index contributed by atoms with van der Waals surface area (Å²) in [5.74, 6) is 0.704. The van der Waals surface area contributed by atoms with Crippen molar-refractivity contribution < 1.29 is 19.1 Å². The van der Waals surface area contributed by atoms with Crippen LogP contribution in [0.3, 0.4) is 0 Å². The van der Waals surface area contributed by atoms with Crippen LogP contribution in [-0.2, 0) is 9.63 Å². The molecule has 1 N–H and O–H groups in total. The van der Waals surface area contributed by atoms with E-state index >= 15 is 0 Å². The SMILES string of the molecule is COc1cccc(/C=N\NC(=O)CO/N=C(/C)c2cccs2)c1OC. The van der Waals surface area contributed by atoms with Gasteiger partial charge in [0, 0.05) is 5.56 Å². The van der Waals surface area contributed by atoms with Crippen molar-refractivity contribution >= 4 is 29.2 Å². The molecule has 0 fully saturated rings. The van der Waals surface area contributed by atoms with Crippen LogP contribution >= 0.6 is 11.3 Å². The first-order valence-corrected chi connectivity index (χ1v) is 8.27. The second kappa shape index (κ2) is 9.43. The van der Waals surface area contributed by atoms with E-state index in [1.165, 1.54) is 13.3 Å². The highest BCUT2D eigenvalue weighted by molar-refractivity contribution is 7.12. The molecule has 0 spiro atoms. The summed E-state index contributed by atoms with van der Waals surface area (Å²) in [7, 11) is 3.09. The maximum Gasteiger partial charge on any atom is 0.280 e. The van der Waals surface area contributed by atoms with Crippen LogP contribution in [0.15, 0.2) is 46.0 Å². The summed E-state index contributed by atoms with van der Waals surface area (Å²) in [6.07, 6.45) is 1.47. The number of oxime groups is 1. The van der Waals surface area contributed by atoms with E-state index in [0.29, 0.717) is 22.8 Å². The van der Waals surface area contributed by atoms with Gasteiger partial charge in [0.15, 0.2) is 18.1 Å². The number of para-hydroxylation sites is 1. The predicted octanol–water partition coefficient (Wildman–Crippen LogP) is 2.66. The average molecular weight is 361 g/mol. The standard InChI is InChI=1S/C17H19N3O4S/c1-12(15-8-5-9-25-15)20-24-11-16(21)19-18-10-13-6-4-7-14(22-2)17(13)23-3/h4-10H,11H2,1-3H3,(H,19,21)/b18-10-,20-12-. The van der Waals surface area contributed by atoms with Crippen molar-refractivity contribution in [1.82, 2.24) is 5.43 Å². The maximum atomic E-state index is 11.7. The summed E-state index contributed by atoms with van der Waals surface area (Å²) in [4.78, 5) is 17.7. The quantitative estimate of drug-likeness (QED) is 0.579. The lowest BCUT2D eigenvalue weighted by Gasteiger charge is -2.09. The first-order chi connectivity index (χ1) is 12.2. The number of rotatable bonds is 8. The number of nitrogens with one attached hydrogen (secondary N) is 1. The molecule has 2 aromatic rings. The molecule has 0 aliphatic carbocycles. The summed E-state index contributed by atoms with van der Waals surface area (Å²) in [5, 5.41) is 9.73. The van der Waals surface area contributed by atoms with Crippen LogP contribution in [0.4, 0.5) is 0 Å². The largest absolute Gasteiger partial charge is 0.493 e. The van der Waals surface area contributed by atoms with Gasteiger partial charge >= 0.3 is 0 Å². The number of carbonyl (C=O) groups excluding carboxylic acids is 1. The molecule has 1 aromatic heterocycles. The second-order valence-corrected chi connectivity index (χ2v) is 5.75. The van der Waals surface area contributed by atoms with Gasteiger partial charge in [-0.2, -0.15) is 5.10 Å². The summed E-state index contributed by atoms with van der Waals surface area (Å²) in [6.45, 7) is 1.59. The molecule has 1 aromatic carbocycles. The fourth-order valence-electron chi connectivity index (χ4n) is 1.94. The lowest BCUT2D eigenvalue weighted by Crippen LogP contribution is -2.22. The Morgan fingerprint density at radius 3 is 2.76 bits per heavy atom. The number of methoxy groups -OCH3 is 2. The Labute approximate surface area is 149 Å². The highest BCUT2D eigenvalue weighted by Crippen LogP contribution is 2.29. The molecule has 0 aliphatic rings. The van der Waals surface area contributed by atoms with E-state index in [1.54, 1.807) is 36.6 Å². The molecule has 2 rings (SSSR count). The van der Waals surface area contributed by atoms with E-state index in [0.717, 1.165) is 4.88 Å². The molecule has 1 heterocycles. The van der Waals surface area contributed by atoms with Crippen molar-refractivity contribution in [1.29, 1.82) is 0 Å². The molecule has 0 saturated carbocycles. The van der Waals surface area contributed by atoms with Crippen LogP contribution < -0.4 is 14.9 Å². The summed E-state index contributed by atoms with van der Waals surface area (Å²) >= 11 is 1.55. The van der Waals surface area contributed by atoms with Crippen molar-refractivity contribution in [3.05, 3.63) is 46.2 Å². The van der Waals surface area contributed by atoms with E-state index in [2.05, 4.69) is 15.7 Å². The third-order valence-electron chi connectivity index (χ3n) is 3.10. The minimum Gasteiger partial charge on any atom is -0.493 e. The Morgan fingerprint density at radius 1 is 1.24 bits per heavy atom. The molecule has 0 radical (unpaired) electrons. The second-order valence-electron chi connectivity index (χ2n) is 4.80. The molecule has 132 valence electrons. The van der Waals surface area contributed by atoms with E-state index in [4.69, 9.17) is 14.3 Å². The van der Waals surface area contributed by atoms with Crippen LogP contribution in [-0.4, -0.2) is 38.7 Å². The molecule has 0 unspecified atom stereocenters. The zero-order chi connectivity index (χ0) is 18.1. The summed E-state index contributed by atoms with van der Waals surface area (Å²) < 4.78 is 10.5. The summed E-state index contributed by atoms with van der Waals surface area (Å²) in [5.41, 5.74) is 3.76. The first kappa shape index (κ1) is 18.5. The van der Waals surface area contributed by atoms with Crippen LogP contribution in [0, 0.1) is 0 Å². The Kier molecular flexibility index (Phi) is 6.97.